The molecule has 3 amide bonds. The quantitative estimate of drug-likeness (QED) is 0.793. The summed E-state index contributed by atoms with van der Waals surface area (Å²) < 4.78 is 5.20. The number of amides is 3. The number of carbonyl (C=O) groups excluding carboxylic acids is 2. The summed E-state index contributed by atoms with van der Waals surface area (Å²) in [6.45, 7) is 9.19. The van der Waals surface area contributed by atoms with Gasteiger partial charge >= 0.3 is 6.03 Å². The van der Waals surface area contributed by atoms with Crippen molar-refractivity contribution in [1.82, 2.24) is 14.7 Å². The van der Waals surface area contributed by atoms with Gasteiger partial charge in [0, 0.05) is 57.6 Å². The molecular weight excluding hydrogens is 344 g/mol. The Morgan fingerprint density at radius 2 is 1.85 bits per heavy atom. The molecule has 1 fully saturated rings. The highest BCUT2D eigenvalue weighted by Gasteiger charge is 2.22. The molecule has 0 bridgehead atoms. The lowest BCUT2D eigenvalue weighted by Crippen LogP contribution is -2.42. The maximum Gasteiger partial charge on any atom is 0.321 e. The Morgan fingerprint density at radius 3 is 2.56 bits per heavy atom. The van der Waals surface area contributed by atoms with E-state index in [4.69, 9.17) is 4.74 Å². The van der Waals surface area contributed by atoms with Crippen LogP contribution in [0.1, 0.15) is 25.8 Å². The van der Waals surface area contributed by atoms with Gasteiger partial charge in [-0.3, -0.25) is 9.69 Å². The van der Waals surface area contributed by atoms with Gasteiger partial charge in [-0.05, 0) is 26.3 Å². The van der Waals surface area contributed by atoms with Gasteiger partial charge in [-0.2, -0.15) is 0 Å². The molecule has 0 atom stereocenters. The predicted octanol–water partition coefficient (Wildman–Crippen LogP) is 2.24. The van der Waals surface area contributed by atoms with Crippen molar-refractivity contribution >= 4 is 17.6 Å². The first-order chi connectivity index (χ1) is 13.1. The summed E-state index contributed by atoms with van der Waals surface area (Å²) in [7, 11) is 1.64. The number of ether oxygens (including phenoxy) is 1. The molecule has 150 valence electrons. The number of methoxy groups -OCH3 is 1. The van der Waals surface area contributed by atoms with Crippen molar-refractivity contribution in [1.29, 1.82) is 0 Å². The van der Waals surface area contributed by atoms with Gasteiger partial charge < -0.3 is 19.9 Å². The van der Waals surface area contributed by atoms with Gasteiger partial charge in [-0.15, -0.1) is 0 Å². The molecule has 7 heteroatoms. The molecule has 7 nitrogen and oxygen atoms in total. The van der Waals surface area contributed by atoms with E-state index >= 15 is 0 Å². The van der Waals surface area contributed by atoms with Gasteiger partial charge in [-0.1, -0.05) is 18.2 Å². The zero-order valence-electron chi connectivity index (χ0n) is 16.7. The second-order valence-corrected chi connectivity index (χ2v) is 6.70. The van der Waals surface area contributed by atoms with E-state index in [1.54, 1.807) is 7.11 Å². The van der Waals surface area contributed by atoms with Crippen molar-refractivity contribution in [3.63, 3.8) is 0 Å². The highest BCUT2D eigenvalue weighted by Crippen LogP contribution is 2.17. The Kier molecular flexibility index (Phi) is 8.54. The molecule has 0 aliphatic carbocycles. The molecule has 1 aliphatic heterocycles. The number of nitrogens with zero attached hydrogens (tertiary/aromatic N) is 3. The Bertz CT molecular complexity index is 619. The second kappa shape index (κ2) is 10.9. The molecular formula is C20H32N4O3. The molecule has 0 unspecified atom stereocenters. The molecule has 1 saturated heterocycles. The van der Waals surface area contributed by atoms with Crippen LogP contribution in [0.2, 0.25) is 0 Å². The zero-order valence-corrected chi connectivity index (χ0v) is 16.7. The molecule has 27 heavy (non-hydrogen) atoms. The van der Waals surface area contributed by atoms with E-state index in [2.05, 4.69) is 10.2 Å². The Labute approximate surface area is 162 Å². The molecule has 1 heterocycles. The molecule has 1 aliphatic rings. The maximum atomic E-state index is 12.7. The number of urea groups is 1. The summed E-state index contributed by atoms with van der Waals surface area (Å²) in [5.41, 5.74) is 1.73. The first-order valence-corrected chi connectivity index (χ1v) is 9.71. The molecule has 2 rings (SSSR count). The molecule has 0 aromatic heterocycles. The Morgan fingerprint density at radius 1 is 1.11 bits per heavy atom. The minimum Gasteiger partial charge on any atom is -0.380 e. The van der Waals surface area contributed by atoms with E-state index in [9.17, 15) is 9.59 Å². The van der Waals surface area contributed by atoms with Crippen LogP contribution >= 0.6 is 0 Å². The summed E-state index contributed by atoms with van der Waals surface area (Å²) >= 11 is 0. The normalized spacial score (nSPS) is 15.3. The number of hydrogen-bond donors (Lipinski definition) is 1. The molecule has 1 N–H and O–H groups in total. The summed E-state index contributed by atoms with van der Waals surface area (Å²) in [4.78, 5) is 30.8. The van der Waals surface area contributed by atoms with Crippen LogP contribution < -0.4 is 5.32 Å². The van der Waals surface area contributed by atoms with Crippen LogP contribution in [0.4, 0.5) is 10.5 Å². The van der Waals surface area contributed by atoms with Crippen LogP contribution in [0.5, 0.6) is 0 Å². The van der Waals surface area contributed by atoms with Gasteiger partial charge in [0.1, 0.15) is 0 Å². The molecule has 0 spiro atoms. The van der Waals surface area contributed by atoms with Gasteiger partial charge in [0.15, 0.2) is 0 Å². The van der Waals surface area contributed by atoms with Crippen molar-refractivity contribution in [2.75, 3.05) is 58.2 Å². The van der Waals surface area contributed by atoms with Crippen LogP contribution in [0, 0.1) is 0 Å². The van der Waals surface area contributed by atoms with Gasteiger partial charge in [0.25, 0.3) is 0 Å². The minimum atomic E-state index is -0.101. The molecule has 0 radical (unpaired) electrons. The monoisotopic (exact) mass is 376 g/mol. The van der Waals surface area contributed by atoms with Crippen LogP contribution in [0.25, 0.3) is 0 Å². The third-order valence-electron chi connectivity index (χ3n) is 4.91. The SMILES string of the molecule is CCN(CC)C(=O)CN1CCCN(C(=O)Nc2ccccc2COC)CC1. The number of para-hydroxylation sites is 1. The summed E-state index contributed by atoms with van der Waals surface area (Å²) in [5, 5.41) is 3.00. The van der Waals surface area contributed by atoms with Crippen LogP contribution in [0.15, 0.2) is 24.3 Å². The fourth-order valence-electron chi connectivity index (χ4n) is 3.32. The average Bonchev–Trinajstić information content (AvgIpc) is 2.90. The van der Waals surface area contributed by atoms with E-state index in [0.29, 0.717) is 32.8 Å². The van der Waals surface area contributed by atoms with Gasteiger partial charge in [0.05, 0.1) is 13.2 Å². The lowest BCUT2D eigenvalue weighted by atomic mass is 10.2. The predicted molar refractivity (Wildman–Crippen MR) is 107 cm³/mol. The van der Waals surface area contributed by atoms with E-state index in [0.717, 1.165) is 37.3 Å². The highest BCUT2D eigenvalue weighted by atomic mass is 16.5. The topological polar surface area (TPSA) is 65.1 Å². The number of hydrogen-bond acceptors (Lipinski definition) is 4. The average molecular weight is 377 g/mol. The van der Waals surface area contributed by atoms with Crippen LogP contribution in [-0.2, 0) is 16.1 Å². The third kappa shape index (κ3) is 6.22. The number of rotatable bonds is 7. The van der Waals surface area contributed by atoms with E-state index in [-0.39, 0.29) is 11.9 Å². The highest BCUT2D eigenvalue weighted by molar-refractivity contribution is 5.90. The van der Waals surface area contributed by atoms with E-state index in [1.165, 1.54) is 0 Å². The number of anilines is 1. The lowest BCUT2D eigenvalue weighted by molar-refractivity contribution is -0.132. The third-order valence-corrected chi connectivity index (χ3v) is 4.91. The number of nitrogens with one attached hydrogen (secondary N) is 1. The number of benzene rings is 1. The standard InChI is InChI=1S/C20H32N4O3/c1-4-23(5-2)19(25)15-22-11-8-12-24(14-13-22)20(26)21-18-10-7-6-9-17(18)16-27-3/h6-7,9-10H,4-5,8,11-16H2,1-3H3,(H,21,26). The largest absolute Gasteiger partial charge is 0.380 e. The minimum absolute atomic E-state index is 0.101. The van der Waals surface area contributed by atoms with Crippen molar-refractivity contribution in [2.24, 2.45) is 0 Å². The van der Waals surface area contributed by atoms with Crippen molar-refractivity contribution in [3.8, 4) is 0 Å². The fourth-order valence-corrected chi connectivity index (χ4v) is 3.32. The summed E-state index contributed by atoms with van der Waals surface area (Å²) in [5.74, 6) is 0.159. The number of carbonyl (C=O) groups is 2. The summed E-state index contributed by atoms with van der Waals surface area (Å²) in [6.07, 6.45) is 0.860. The maximum absolute atomic E-state index is 12.7. The Balaban J connectivity index is 1.90. The molecule has 1 aromatic rings. The molecule has 0 saturated carbocycles. The van der Waals surface area contributed by atoms with Gasteiger partial charge in [-0.25, -0.2) is 4.79 Å². The van der Waals surface area contributed by atoms with Crippen LogP contribution in [0.3, 0.4) is 0 Å². The fraction of sp³-hybridized carbons (Fsp3) is 0.600. The van der Waals surface area contributed by atoms with Crippen molar-refractivity contribution in [2.45, 2.75) is 26.9 Å². The second-order valence-electron chi connectivity index (χ2n) is 6.70. The lowest BCUT2D eigenvalue weighted by Gasteiger charge is -2.25. The first-order valence-electron chi connectivity index (χ1n) is 9.71. The van der Waals surface area contributed by atoms with Crippen molar-refractivity contribution in [3.05, 3.63) is 29.8 Å². The van der Waals surface area contributed by atoms with E-state index in [1.807, 2.05) is 47.9 Å². The molecule has 1 aromatic carbocycles. The number of likely N-dealkylation sites (N-methyl/N-ethyl adjacent to an activating group) is 1. The van der Waals surface area contributed by atoms with Crippen molar-refractivity contribution < 1.29 is 14.3 Å². The van der Waals surface area contributed by atoms with Gasteiger partial charge in [0.2, 0.25) is 5.91 Å². The smallest absolute Gasteiger partial charge is 0.321 e. The summed E-state index contributed by atoms with van der Waals surface area (Å²) in [6, 6.07) is 7.56. The van der Waals surface area contributed by atoms with E-state index < -0.39 is 0 Å². The first kappa shape index (κ1) is 21.2. The zero-order chi connectivity index (χ0) is 19.6. The Hall–Kier alpha value is -2.12. The van der Waals surface area contributed by atoms with Crippen LogP contribution in [-0.4, -0.2) is 79.6 Å².